The standard InChI is InChI=1S/C14H19N3O2S/c1-9-13(18)16-11-8-10(4-5-12(11)20-9)14(19)15-6-7-17(2)3/h4-5,8-9H,6-7H2,1-3H3,(H,15,19)(H,16,18). The normalized spacial score (nSPS) is 17.6. The van der Waals surface area contributed by atoms with Gasteiger partial charge in [0.05, 0.1) is 10.9 Å². The van der Waals surface area contributed by atoms with Gasteiger partial charge in [0, 0.05) is 23.5 Å². The van der Waals surface area contributed by atoms with Gasteiger partial charge in [-0.2, -0.15) is 0 Å². The molecular weight excluding hydrogens is 274 g/mol. The Kier molecular flexibility index (Phi) is 4.67. The van der Waals surface area contributed by atoms with Crippen LogP contribution in [0, 0.1) is 0 Å². The highest BCUT2D eigenvalue weighted by atomic mass is 32.2. The zero-order valence-electron chi connectivity index (χ0n) is 11.9. The van der Waals surface area contributed by atoms with E-state index in [1.807, 2.05) is 32.0 Å². The van der Waals surface area contributed by atoms with Crippen LogP contribution >= 0.6 is 11.8 Å². The van der Waals surface area contributed by atoms with E-state index in [4.69, 9.17) is 0 Å². The van der Waals surface area contributed by atoms with E-state index in [-0.39, 0.29) is 17.1 Å². The number of likely N-dealkylation sites (N-methyl/N-ethyl adjacent to an activating group) is 1. The van der Waals surface area contributed by atoms with Gasteiger partial charge in [0.1, 0.15) is 0 Å². The molecule has 2 rings (SSSR count). The highest BCUT2D eigenvalue weighted by Crippen LogP contribution is 2.35. The smallest absolute Gasteiger partial charge is 0.251 e. The van der Waals surface area contributed by atoms with E-state index in [1.165, 1.54) is 11.8 Å². The van der Waals surface area contributed by atoms with E-state index in [2.05, 4.69) is 10.6 Å². The molecule has 6 heteroatoms. The topological polar surface area (TPSA) is 61.4 Å². The fraction of sp³-hybridized carbons (Fsp3) is 0.429. The largest absolute Gasteiger partial charge is 0.351 e. The van der Waals surface area contributed by atoms with Crippen molar-refractivity contribution in [1.82, 2.24) is 10.2 Å². The number of fused-ring (bicyclic) bond motifs is 1. The molecule has 20 heavy (non-hydrogen) atoms. The first kappa shape index (κ1) is 14.9. The van der Waals surface area contributed by atoms with Crippen LogP contribution in [-0.4, -0.2) is 49.1 Å². The summed E-state index contributed by atoms with van der Waals surface area (Å²) in [4.78, 5) is 26.7. The van der Waals surface area contributed by atoms with Gasteiger partial charge in [-0.05, 0) is 39.2 Å². The molecule has 1 unspecified atom stereocenters. The Morgan fingerprint density at radius 3 is 2.90 bits per heavy atom. The minimum atomic E-state index is -0.118. The summed E-state index contributed by atoms with van der Waals surface area (Å²) in [6.07, 6.45) is 0. The molecule has 0 aromatic heterocycles. The highest BCUT2D eigenvalue weighted by molar-refractivity contribution is 8.00. The zero-order valence-corrected chi connectivity index (χ0v) is 12.7. The molecule has 0 aliphatic carbocycles. The number of carbonyl (C=O) groups excluding carboxylic acids is 2. The molecule has 108 valence electrons. The Morgan fingerprint density at radius 1 is 1.45 bits per heavy atom. The summed E-state index contributed by atoms with van der Waals surface area (Å²) >= 11 is 1.51. The average Bonchev–Trinajstić information content (AvgIpc) is 2.39. The molecule has 0 saturated heterocycles. The van der Waals surface area contributed by atoms with Crippen molar-refractivity contribution in [3.63, 3.8) is 0 Å². The van der Waals surface area contributed by atoms with E-state index in [0.717, 1.165) is 17.1 Å². The van der Waals surface area contributed by atoms with Crippen LogP contribution in [0.25, 0.3) is 0 Å². The van der Waals surface area contributed by atoms with Crippen LogP contribution in [0.2, 0.25) is 0 Å². The zero-order chi connectivity index (χ0) is 14.7. The van der Waals surface area contributed by atoms with Gasteiger partial charge in [0.15, 0.2) is 0 Å². The van der Waals surface area contributed by atoms with Gasteiger partial charge < -0.3 is 15.5 Å². The maximum atomic E-state index is 12.0. The average molecular weight is 293 g/mol. The number of nitrogens with one attached hydrogen (secondary N) is 2. The van der Waals surface area contributed by atoms with Gasteiger partial charge in [-0.25, -0.2) is 0 Å². The van der Waals surface area contributed by atoms with Crippen molar-refractivity contribution < 1.29 is 9.59 Å². The van der Waals surface area contributed by atoms with Crippen molar-refractivity contribution >= 4 is 29.3 Å². The second-order valence-electron chi connectivity index (χ2n) is 5.02. The van der Waals surface area contributed by atoms with Crippen molar-refractivity contribution in [3.05, 3.63) is 23.8 Å². The molecule has 0 fully saturated rings. The first-order valence-corrected chi connectivity index (χ1v) is 7.40. The molecule has 1 heterocycles. The predicted molar refractivity (Wildman–Crippen MR) is 81.3 cm³/mol. The lowest BCUT2D eigenvalue weighted by Gasteiger charge is -2.21. The first-order chi connectivity index (χ1) is 9.47. The molecule has 1 aromatic rings. The number of benzene rings is 1. The van der Waals surface area contributed by atoms with Gasteiger partial charge in [-0.1, -0.05) is 0 Å². The molecule has 1 aliphatic heterocycles. The Bertz CT molecular complexity index is 531. The van der Waals surface area contributed by atoms with Crippen molar-refractivity contribution in [2.45, 2.75) is 17.1 Å². The third-order valence-corrected chi connectivity index (χ3v) is 4.19. The second kappa shape index (κ2) is 6.28. The third kappa shape index (κ3) is 3.52. The monoisotopic (exact) mass is 293 g/mol. The van der Waals surface area contributed by atoms with Gasteiger partial charge in [0.2, 0.25) is 5.91 Å². The predicted octanol–water partition coefficient (Wildman–Crippen LogP) is 1.41. The Morgan fingerprint density at radius 2 is 2.20 bits per heavy atom. The van der Waals surface area contributed by atoms with Gasteiger partial charge >= 0.3 is 0 Å². The number of hydrogen-bond donors (Lipinski definition) is 2. The minimum absolute atomic E-state index is 0.0207. The number of rotatable bonds is 4. The summed E-state index contributed by atoms with van der Waals surface area (Å²) in [6, 6.07) is 5.41. The van der Waals surface area contributed by atoms with Crippen molar-refractivity contribution in [3.8, 4) is 0 Å². The maximum absolute atomic E-state index is 12.0. The van der Waals surface area contributed by atoms with Gasteiger partial charge in [-0.3, -0.25) is 9.59 Å². The minimum Gasteiger partial charge on any atom is -0.351 e. The summed E-state index contributed by atoms with van der Waals surface area (Å²) in [6.45, 7) is 3.26. The van der Waals surface area contributed by atoms with Gasteiger partial charge in [-0.15, -0.1) is 11.8 Å². The van der Waals surface area contributed by atoms with Crippen LogP contribution in [0.3, 0.4) is 0 Å². The van der Waals surface area contributed by atoms with Crippen molar-refractivity contribution in [2.75, 3.05) is 32.5 Å². The van der Waals surface area contributed by atoms with Crippen LogP contribution in [-0.2, 0) is 4.79 Å². The fourth-order valence-electron chi connectivity index (χ4n) is 1.85. The van der Waals surface area contributed by atoms with Crippen molar-refractivity contribution in [1.29, 1.82) is 0 Å². The molecular formula is C14H19N3O2S. The molecule has 1 atom stereocenters. The van der Waals surface area contributed by atoms with Crippen LogP contribution in [0.1, 0.15) is 17.3 Å². The van der Waals surface area contributed by atoms with E-state index < -0.39 is 0 Å². The molecule has 1 aromatic carbocycles. The van der Waals surface area contributed by atoms with E-state index >= 15 is 0 Å². The molecule has 0 saturated carbocycles. The number of carbonyl (C=O) groups is 2. The molecule has 0 spiro atoms. The second-order valence-corrected chi connectivity index (χ2v) is 6.40. The Hall–Kier alpha value is -1.53. The lowest BCUT2D eigenvalue weighted by atomic mass is 10.1. The number of thioether (sulfide) groups is 1. The Balaban J connectivity index is 2.05. The molecule has 2 amide bonds. The van der Waals surface area contributed by atoms with Crippen molar-refractivity contribution in [2.24, 2.45) is 0 Å². The summed E-state index contributed by atoms with van der Waals surface area (Å²) < 4.78 is 0. The Labute approximate surface area is 123 Å². The molecule has 1 aliphatic rings. The summed E-state index contributed by atoms with van der Waals surface area (Å²) in [7, 11) is 3.91. The summed E-state index contributed by atoms with van der Waals surface area (Å²) in [5, 5.41) is 5.59. The molecule has 2 N–H and O–H groups in total. The molecule has 0 bridgehead atoms. The van der Waals surface area contributed by atoms with Crippen LogP contribution in [0.5, 0.6) is 0 Å². The number of anilines is 1. The number of nitrogens with zero attached hydrogens (tertiary/aromatic N) is 1. The quantitative estimate of drug-likeness (QED) is 0.881. The van der Waals surface area contributed by atoms with Gasteiger partial charge in [0.25, 0.3) is 5.91 Å². The molecule has 5 nitrogen and oxygen atoms in total. The fourth-order valence-corrected chi connectivity index (χ4v) is 2.78. The maximum Gasteiger partial charge on any atom is 0.251 e. The van der Waals surface area contributed by atoms with Crippen LogP contribution in [0.15, 0.2) is 23.1 Å². The summed E-state index contributed by atoms with van der Waals surface area (Å²) in [5.41, 5.74) is 1.29. The number of hydrogen-bond acceptors (Lipinski definition) is 4. The number of amides is 2. The summed E-state index contributed by atoms with van der Waals surface area (Å²) in [5.74, 6) is -0.139. The lowest BCUT2D eigenvalue weighted by molar-refractivity contribution is -0.115. The van der Waals surface area contributed by atoms with Crippen LogP contribution < -0.4 is 10.6 Å². The SMILES string of the molecule is CC1Sc2ccc(C(=O)NCCN(C)C)cc2NC1=O. The highest BCUT2D eigenvalue weighted by Gasteiger charge is 2.23. The third-order valence-electron chi connectivity index (χ3n) is 3.02. The lowest BCUT2D eigenvalue weighted by Crippen LogP contribution is -2.31. The van der Waals surface area contributed by atoms with E-state index in [9.17, 15) is 9.59 Å². The first-order valence-electron chi connectivity index (χ1n) is 6.52. The van der Waals surface area contributed by atoms with Crippen LogP contribution in [0.4, 0.5) is 5.69 Å². The van der Waals surface area contributed by atoms with E-state index in [1.54, 1.807) is 12.1 Å². The molecule has 0 radical (unpaired) electrons. The van der Waals surface area contributed by atoms with E-state index in [0.29, 0.717) is 12.1 Å².